The van der Waals surface area contributed by atoms with Crippen molar-refractivity contribution in [2.45, 2.75) is 167 Å². The summed E-state index contributed by atoms with van der Waals surface area (Å²) in [7, 11) is 0. The molecular formula is C55H83N3O16. The fraction of sp³-hybridized carbons (Fsp3) is 0.745. The van der Waals surface area contributed by atoms with E-state index in [4.69, 9.17) is 15.2 Å². The van der Waals surface area contributed by atoms with Crippen molar-refractivity contribution in [3.8, 4) is 0 Å². The van der Waals surface area contributed by atoms with Crippen LogP contribution in [0.5, 0.6) is 0 Å². The lowest BCUT2D eigenvalue weighted by molar-refractivity contribution is -0.181. The molecule has 4 aliphatic carbocycles. The number of hydrogen-bond acceptors (Lipinski definition) is 14. The number of aliphatic carboxylic acids is 3. The molecule has 19 heteroatoms. The number of carboxylic acids is 3. The number of nitrogens with two attached hydrogens (primary N) is 1. The summed E-state index contributed by atoms with van der Waals surface area (Å²) in [4.78, 5) is 99.0. The average molecular weight is 1040 g/mol. The molecular weight excluding hydrogens is 959 g/mol. The van der Waals surface area contributed by atoms with Crippen LogP contribution in [-0.4, -0.2) is 135 Å². The van der Waals surface area contributed by atoms with Crippen molar-refractivity contribution < 1.29 is 78.5 Å². The lowest BCUT2D eigenvalue weighted by Gasteiger charge is -2.61. The summed E-state index contributed by atoms with van der Waals surface area (Å²) in [6.45, 7) is 4.37. The highest BCUT2D eigenvalue weighted by atomic mass is 16.5. The van der Waals surface area contributed by atoms with Crippen molar-refractivity contribution in [1.82, 2.24) is 10.6 Å². The first-order valence-electron chi connectivity index (χ1n) is 27.0. The molecule has 14 atom stereocenters. The first-order valence-corrected chi connectivity index (χ1v) is 27.0. The minimum Gasteiger partial charge on any atom is -0.481 e. The number of carboxylic acid groups (broad SMARTS) is 3. The number of fused-ring (bicyclic) bond motifs is 5. The zero-order valence-electron chi connectivity index (χ0n) is 43.3. The van der Waals surface area contributed by atoms with Crippen LogP contribution in [0.1, 0.15) is 153 Å². The first kappa shape index (κ1) is 60.0. The summed E-state index contributed by atoms with van der Waals surface area (Å²) < 4.78 is 10.7. The van der Waals surface area contributed by atoms with Gasteiger partial charge in [-0.15, -0.1) is 0 Å². The molecule has 0 aliphatic heterocycles. The number of aliphatic hydroxyl groups excluding tert-OH is 3. The van der Waals surface area contributed by atoms with Crippen molar-refractivity contribution in [2.24, 2.45) is 58.7 Å². The van der Waals surface area contributed by atoms with Gasteiger partial charge in [-0.3, -0.25) is 33.6 Å². The van der Waals surface area contributed by atoms with E-state index in [1.54, 1.807) is 24.3 Å². The van der Waals surface area contributed by atoms with Crippen molar-refractivity contribution in [1.29, 1.82) is 0 Å². The average Bonchev–Trinajstić information content (AvgIpc) is 3.80. The maximum atomic E-state index is 13.1. The van der Waals surface area contributed by atoms with E-state index in [1.807, 2.05) is 0 Å². The van der Waals surface area contributed by atoms with Crippen LogP contribution in [0.15, 0.2) is 24.3 Å². The zero-order valence-corrected chi connectivity index (χ0v) is 43.3. The third kappa shape index (κ3) is 17.4. The predicted octanol–water partition coefficient (Wildman–Crippen LogP) is 4.99. The van der Waals surface area contributed by atoms with Crippen LogP contribution in [0.3, 0.4) is 0 Å². The number of amides is 2. The molecule has 4 saturated carbocycles. The normalized spacial score (nSPS) is 27.8. The minimum absolute atomic E-state index is 0.00162. The number of unbranched alkanes of at least 4 members (excludes halogenated alkanes) is 2. The van der Waals surface area contributed by atoms with Gasteiger partial charge in [0, 0.05) is 56.3 Å². The summed E-state index contributed by atoms with van der Waals surface area (Å²) in [5.74, 6) is -6.72. The summed E-state index contributed by atoms with van der Waals surface area (Å²) in [6.07, 6.45) is 5.46. The highest BCUT2D eigenvalue weighted by Gasteiger charge is 2.61. The second kappa shape index (κ2) is 28.9. The number of anilines is 1. The molecule has 0 aromatic heterocycles. The Kier molecular flexibility index (Phi) is 23.5. The monoisotopic (exact) mass is 1040 g/mol. The lowest BCUT2D eigenvalue weighted by Crippen LogP contribution is -2.59. The van der Waals surface area contributed by atoms with Gasteiger partial charge >= 0.3 is 17.9 Å². The molecule has 0 spiro atoms. The molecule has 10 N–H and O–H groups in total. The Morgan fingerprint density at radius 1 is 0.689 bits per heavy atom. The third-order valence-corrected chi connectivity index (χ3v) is 17.2. The standard InChI is InChI=1S/C55H83N3O16/c1-32(41-15-16-42-50(41)47(64)30-43-51(42)46(63)29-36-28-39(60)20-21-55(36,43)2)8-18-49(66)58-44(54(71)72)17-14-38(59)26-35(53(69)70)11-19-48(65)57-22-23-73-24-25-74-31-40(61)27-34(52(67)68)6-4-3-5-7-45(62)33-9-12-37(56)13-10-33/h9-10,12-13,32,34-36,39,41-44,46-47,50-51,60,63-64H,3-8,11,14-31,56H2,1-2H3,(H,57,65)(H,58,66)(H,67,68)(H,69,70)(H,71,72)/t32-,34-,35-,36+,39-,41-,42-,43+,44+,46-,47+,50?,51+,55+/m1/s1. The molecule has 2 amide bonds. The van der Waals surface area contributed by atoms with Gasteiger partial charge in [-0.1, -0.05) is 26.7 Å². The highest BCUT2D eigenvalue weighted by Crippen LogP contribution is 2.64. The van der Waals surface area contributed by atoms with Crippen molar-refractivity contribution in [3.63, 3.8) is 0 Å². The van der Waals surface area contributed by atoms with Gasteiger partial charge in [0.1, 0.15) is 18.4 Å². The number of benzene rings is 1. The quantitative estimate of drug-likeness (QED) is 0.0254. The number of Topliss-reactive ketones (excluding diaryl/α,β-unsaturated/α-hetero) is 3. The molecule has 4 aliphatic rings. The van der Waals surface area contributed by atoms with Gasteiger partial charge in [-0.25, -0.2) is 4.79 Å². The summed E-state index contributed by atoms with van der Waals surface area (Å²) in [6, 6.07) is 5.30. The summed E-state index contributed by atoms with van der Waals surface area (Å²) in [5, 5.41) is 67.9. The van der Waals surface area contributed by atoms with Crippen LogP contribution in [0.25, 0.3) is 0 Å². The van der Waals surface area contributed by atoms with E-state index < -0.39 is 72.0 Å². The number of carbonyl (C=O) groups is 8. The Balaban J connectivity index is 0.905. The van der Waals surface area contributed by atoms with Crippen molar-refractivity contribution in [2.75, 3.05) is 38.7 Å². The van der Waals surface area contributed by atoms with E-state index in [0.29, 0.717) is 69.0 Å². The maximum Gasteiger partial charge on any atom is 0.326 e. The minimum atomic E-state index is -1.37. The molecule has 1 aromatic carbocycles. The topological polar surface area (TPSA) is 326 Å². The Bertz CT molecular complexity index is 2070. The van der Waals surface area contributed by atoms with Gasteiger partial charge in [-0.2, -0.15) is 0 Å². The highest BCUT2D eigenvalue weighted by molar-refractivity contribution is 5.96. The third-order valence-electron chi connectivity index (χ3n) is 17.2. The largest absolute Gasteiger partial charge is 0.481 e. The molecule has 0 radical (unpaired) electrons. The molecule has 0 saturated heterocycles. The molecule has 414 valence electrons. The van der Waals surface area contributed by atoms with E-state index in [1.165, 1.54) is 0 Å². The number of carbonyl (C=O) groups excluding carboxylic acids is 5. The molecule has 74 heavy (non-hydrogen) atoms. The SMILES string of the molecule is C[C@H](CCC(=O)N[C@@H](CCC(=O)C[C@@H](CCC(=O)NCCOCCOCC(=O)C[C@@H](CCCCCC(=O)c1ccc(N)cc1)C(=O)O)C(=O)O)C(=O)O)[C@H]1CC[C@@H]2C1[C@@H](O)C[C@H]1[C@H]2[C@H](O)C[C@@H]2C[C@H](O)CC[C@@]21C. The molecule has 1 aromatic rings. The van der Waals surface area contributed by atoms with E-state index in [2.05, 4.69) is 24.5 Å². The van der Waals surface area contributed by atoms with Gasteiger partial charge in [0.25, 0.3) is 0 Å². The van der Waals surface area contributed by atoms with E-state index >= 15 is 0 Å². The smallest absolute Gasteiger partial charge is 0.326 e. The van der Waals surface area contributed by atoms with Crippen LogP contribution in [0.2, 0.25) is 0 Å². The van der Waals surface area contributed by atoms with Crippen LogP contribution >= 0.6 is 0 Å². The fourth-order valence-electron chi connectivity index (χ4n) is 13.1. The maximum absolute atomic E-state index is 13.1. The first-order chi connectivity index (χ1) is 35.2. The Hall–Kier alpha value is -4.82. The second-order valence-corrected chi connectivity index (χ2v) is 22.2. The van der Waals surface area contributed by atoms with Crippen molar-refractivity contribution in [3.05, 3.63) is 29.8 Å². The number of rotatable bonds is 33. The van der Waals surface area contributed by atoms with Crippen LogP contribution < -0.4 is 16.4 Å². The molecule has 0 bridgehead atoms. The Labute approximate surface area is 434 Å². The van der Waals surface area contributed by atoms with Crippen LogP contribution in [0.4, 0.5) is 5.69 Å². The van der Waals surface area contributed by atoms with Crippen LogP contribution in [-0.2, 0) is 43.0 Å². The van der Waals surface area contributed by atoms with Gasteiger partial charge in [0.2, 0.25) is 11.8 Å². The van der Waals surface area contributed by atoms with Crippen LogP contribution in [0, 0.1) is 58.7 Å². The lowest BCUT2D eigenvalue weighted by atomic mass is 9.45. The van der Waals surface area contributed by atoms with Crippen molar-refractivity contribution >= 4 is 52.8 Å². The second-order valence-electron chi connectivity index (χ2n) is 22.2. The molecule has 19 nitrogen and oxygen atoms in total. The van der Waals surface area contributed by atoms with E-state index in [-0.39, 0.29) is 136 Å². The number of hydrogen-bond donors (Lipinski definition) is 9. The molecule has 5 rings (SSSR count). The number of aliphatic hydroxyl groups is 3. The van der Waals surface area contributed by atoms with Gasteiger partial charge < -0.3 is 56.5 Å². The number of ketones is 3. The Morgan fingerprint density at radius 3 is 2.05 bits per heavy atom. The fourth-order valence-corrected chi connectivity index (χ4v) is 13.1. The summed E-state index contributed by atoms with van der Waals surface area (Å²) >= 11 is 0. The predicted molar refractivity (Wildman–Crippen MR) is 270 cm³/mol. The molecule has 0 heterocycles. The summed E-state index contributed by atoms with van der Waals surface area (Å²) in [5.41, 5.74) is 6.77. The number of ether oxygens (including phenoxy) is 2. The van der Waals surface area contributed by atoms with Gasteiger partial charge in [0.05, 0.1) is 50.0 Å². The zero-order chi connectivity index (χ0) is 54.1. The van der Waals surface area contributed by atoms with E-state index in [0.717, 1.165) is 25.7 Å². The van der Waals surface area contributed by atoms with Gasteiger partial charge in [-0.05, 0) is 148 Å². The Morgan fingerprint density at radius 2 is 1.35 bits per heavy atom. The number of nitrogens with one attached hydrogen (secondary N) is 2. The molecule has 4 fully saturated rings. The van der Waals surface area contributed by atoms with E-state index in [9.17, 15) is 69.0 Å². The van der Waals surface area contributed by atoms with Gasteiger partial charge in [0.15, 0.2) is 11.6 Å². The number of nitrogen functional groups attached to an aromatic ring is 1. The molecule has 1 unspecified atom stereocenters.